The van der Waals surface area contributed by atoms with Crippen LogP contribution in [0.15, 0.2) is 11.4 Å². The molecule has 0 aliphatic carbocycles. The molecule has 17 heavy (non-hydrogen) atoms. The van der Waals surface area contributed by atoms with Crippen molar-refractivity contribution in [3.05, 3.63) is 21.9 Å². The largest absolute Gasteiger partial charge is 0.347 e. The number of carbonyl (C=O) groups is 1. The van der Waals surface area contributed by atoms with Gasteiger partial charge in [-0.15, -0.1) is 23.1 Å². The number of nitrogens with two attached hydrogens (primary N) is 1. The molecule has 1 aliphatic rings. The number of hydrogen-bond donors (Lipinski definition) is 1. The molecule has 1 aliphatic heterocycles. The zero-order valence-corrected chi connectivity index (χ0v) is 12.1. The Morgan fingerprint density at radius 3 is 2.88 bits per heavy atom. The van der Waals surface area contributed by atoms with Gasteiger partial charge < -0.3 is 10.2 Å². The predicted molar refractivity (Wildman–Crippen MR) is 73.3 cm³/mol. The Labute approximate surface area is 111 Å². The molecule has 0 bridgehead atoms. The van der Waals surface area contributed by atoms with E-state index in [0.29, 0.717) is 0 Å². The van der Waals surface area contributed by atoms with Crippen molar-refractivity contribution < 1.29 is 10.1 Å². The van der Waals surface area contributed by atoms with Crippen LogP contribution >= 0.6 is 23.1 Å². The van der Waals surface area contributed by atoms with Crippen LogP contribution in [0, 0.1) is 6.92 Å². The molecule has 1 aromatic heterocycles. The fourth-order valence-corrected chi connectivity index (χ4v) is 4.56. The Morgan fingerprint density at radius 2 is 2.29 bits per heavy atom. The van der Waals surface area contributed by atoms with Crippen LogP contribution in [-0.4, -0.2) is 36.2 Å². The average molecular weight is 271 g/mol. The van der Waals surface area contributed by atoms with Crippen molar-refractivity contribution >= 4 is 29.0 Å². The standard InChI is InChI=1S/C12H18N2OS2/c1-8-4-7-16-10(8)12-14(6-5-13-3)11(15)9(2)17-12/h4,7,9,12-13H,5-6H2,1-3H3/p+1/t9-,12-/m0/s1. The van der Waals surface area contributed by atoms with Gasteiger partial charge in [-0.2, -0.15) is 0 Å². The Morgan fingerprint density at radius 1 is 1.53 bits per heavy atom. The second kappa shape index (κ2) is 5.42. The van der Waals surface area contributed by atoms with Gasteiger partial charge in [0.1, 0.15) is 5.37 Å². The van der Waals surface area contributed by atoms with Crippen molar-refractivity contribution in [2.75, 3.05) is 20.1 Å². The second-order valence-corrected chi connectivity index (χ2v) is 6.70. The molecule has 1 amide bonds. The fourth-order valence-electron chi connectivity index (χ4n) is 2.01. The number of carbonyl (C=O) groups excluding carboxylic acids is 1. The highest BCUT2D eigenvalue weighted by molar-refractivity contribution is 8.01. The number of rotatable bonds is 4. The van der Waals surface area contributed by atoms with Crippen molar-refractivity contribution in [2.45, 2.75) is 24.5 Å². The van der Waals surface area contributed by atoms with E-state index in [-0.39, 0.29) is 16.5 Å². The average Bonchev–Trinajstić information content (AvgIpc) is 2.83. The number of thiophene rings is 1. The van der Waals surface area contributed by atoms with Crippen LogP contribution in [0.5, 0.6) is 0 Å². The van der Waals surface area contributed by atoms with Crippen molar-refractivity contribution in [3.8, 4) is 0 Å². The Hall–Kier alpha value is -0.520. The molecular weight excluding hydrogens is 252 g/mol. The van der Waals surface area contributed by atoms with E-state index in [1.807, 2.05) is 18.9 Å². The molecular formula is C12H19N2OS2+. The van der Waals surface area contributed by atoms with E-state index in [4.69, 9.17) is 0 Å². The zero-order chi connectivity index (χ0) is 12.4. The first-order valence-corrected chi connectivity index (χ1v) is 7.75. The number of nitrogens with zero attached hydrogens (tertiary/aromatic N) is 1. The van der Waals surface area contributed by atoms with Crippen LogP contribution in [0.25, 0.3) is 0 Å². The monoisotopic (exact) mass is 271 g/mol. The number of likely N-dealkylation sites (N-methyl/N-ethyl adjacent to an activating group) is 1. The van der Waals surface area contributed by atoms with E-state index < -0.39 is 0 Å². The predicted octanol–water partition coefficient (Wildman–Crippen LogP) is 1.21. The van der Waals surface area contributed by atoms with E-state index in [1.54, 1.807) is 23.1 Å². The first-order valence-electron chi connectivity index (χ1n) is 5.93. The Bertz CT molecular complexity index is 405. The SMILES string of the molecule is C[NH2+]CCN1C(=O)[C@H](C)S[C@H]1c1sccc1C. The van der Waals surface area contributed by atoms with Crippen molar-refractivity contribution in [2.24, 2.45) is 0 Å². The van der Waals surface area contributed by atoms with E-state index in [0.717, 1.165) is 13.1 Å². The summed E-state index contributed by atoms with van der Waals surface area (Å²) in [5.41, 5.74) is 1.31. The molecule has 0 radical (unpaired) electrons. The fraction of sp³-hybridized carbons (Fsp3) is 0.583. The summed E-state index contributed by atoms with van der Waals surface area (Å²) in [6.07, 6.45) is 0. The van der Waals surface area contributed by atoms with Crippen molar-refractivity contribution in [1.29, 1.82) is 0 Å². The first kappa shape index (κ1) is 12.9. The topological polar surface area (TPSA) is 36.9 Å². The smallest absolute Gasteiger partial charge is 0.236 e. The summed E-state index contributed by atoms with van der Waals surface area (Å²) in [5.74, 6) is 0.287. The first-order chi connectivity index (χ1) is 8.15. The highest BCUT2D eigenvalue weighted by Crippen LogP contribution is 2.45. The van der Waals surface area contributed by atoms with Crippen LogP contribution in [-0.2, 0) is 4.79 Å². The van der Waals surface area contributed by atoms with Gasteiger partial charge in [-0.1, -0.05) is 0 Å². The molecule has 2 heterocycles. The third-order valence-corrected chi connectivity index (χ3v) is 5.61. The number of quaternary nitrogens is 1. The maximum absolute atomic E-state index is 12.1. The van der Waals surface area contributed by atoms with Gasteiger partial charge in [0.05, 0.1) is 25.4 Å². The molecule has 5 heteroatoms. The van der Waals surface area contributed by atoms with Crippen molar-refractivity contribution in [1.82, 2.24) is 4.90 Å². The summed E-state index contributed by atoms with van der Waals surface area (Å²) >= 11 is 3.54. The van der Waals surface area contributed by atoms with Crippen LogP contribution < -0.4 is 5.32 Å². The normalized spacial score (nSPS) is 24.6. The molecule has 2 rings (SSSR count). The van der Waals surface area contributed by atoms with Gasteiger partial charge in [0.2, 0.25) is 5.91 Å². The molecule has 2 N–H and O–H groups in total. The lowest BCUT2D eigenvalue weighted by atomic mass is 10.2. The van der Waals surface area contributed by atoms with Gasteiger partial charge in [0.15, 0.2) is 0 Å². The molecule has 1 saturated heterocycles. The maximum Gasteiger partial charge on any atom is 0.236 e. The van der Waals surface area contributed by atoms with E-state index in [9.17, 15) is 4.79 Å². The molecule has 2 atom stereocenters. The van der Waals surface area contributed by atoms with Gasteiger partial charge in [0, 0.05) is 4.88 Å². The van der Waals surface area contributed by atoms with Gasteiger partial charge >= 0.3 is 0 Å². The van der Waals surface area contributed by atoms with E-state index in [2.05, 4.69) is 23.7 Å². The highest BCUT2D eigenvalue weighted by Gasteiger charge is 2.39. The molecule has 0 saturated carbocycles. The van der Waals surface area contributed by atoms with Crippen molar-refractivity contribution in [3.63, 3.8) is 0 Å². The third kappa shape index (κ3) is 2.51. The number of thioether (sulfide) groups is 1. The minimum absolute atomic E-state index is 0.0957. The maximum atomic E-state index is 12.1. The van der Waals surface area contributed by atoms with Gasteiger partial charge in [0.25, 0.3) is 0 Å². The van der Waals surface area contributed by atoms with Crippen LogP contribution in [0.2, 0.25) is 0 Å². The van der Waals surface area contributed by atoms with E-state index >= 15 is 0 Å². The second-order valence-electron chi connectivity index (χ2n) is 4.33. The lowest BCUT2D eigenvalue weighted by Crippen LogP contribution is -2.81. The molecule has 1 aromatic rings. The summed E-state index contributed by atoms with van der Waals surface area (Å²) in [6.45, 7) is 5.96. The minimum Gasteiger partial charge on any atom is -0.347 e. The van der Waals surface area contributed by atoms with Gasteiger partial charge in [-0.3, -0.25) is 4.79 Å². The zero-order valence-electron chi connectivity index (χ0n) is 10.5. The Balaban J connectivity index is 2.20. The summed E-state index contributed by atoms with van der Waals surface area (Å²) in [5, 5.41) is 4.57. The number of hydrogen-bond acceptors (Lipinski definition) is 3. The molecule has 1 fully saturated rings. The molecule has 3 nitrogen and oxygen atoms in total. The highest BCUT2D eigenvalue weighted by atomic mass is 32.2. The lowest BCUT2D eigenvalue weighted by molar-refractivity contribution is -0.626. The van der Waals surface area contributed by atoms with Gasteiger partial charge in [-0.05, 0) is 30.9 Å². The molecule has 0 spiro atoms. The Kier molecular flexibility index (Phi) is 4.12. The van der Waals surface area contributed by atoms with Crippen LogP contribution in [0.3, 0.4) is 0 Å². The van der Waals surface area contributed by atoms with E-state index in [1.165, 1.54) is 10.4 Å². The summed E-state index contributed by atoms with van der Waals surface area (Å²) in [4.78, 5) is 15.5. The van der Waals surface area contributed by atoms with Crippen LogP contribution in [0.1, 0.15) is 22.7 Å². The van der Waals surface area contributed by atoms with Gasteiger partial charge in [-0.25, -0.2) is 0 Å². The molecule has 0 aromatic carbocycles. The summed E-state index contributed by atoms with van der Waals surface area (Å²) in [6, 6.07) is 2.14. The van der Waals surface area contributed by atoms with Crippen LogP contribution in [0.4, 0.5) is 0 Å². The quantitative estimate of drug-likeness (QED) is 0.894. The number of aryl methyl sites for hydroxylation is 1. The molecule has 94 valence electrons. The summed E-state index contributed by atoms with van der Waals surface area (Å²) in [7, 11) is 2.04. The minimum atomic E-state index is 0.0957. The number of amides is 1. The lowest BCUT2D eigenvalue weighted by Gasteiger charge is -2.22. The molecule has 0 unspecified atom stereocenters. The summed E-state index contributed by atoms with van der Waals surface area (Å²) < 4.78 is 0. The third-order valence-electron chi connectivity index (χ3n) is 3.03.